The summed E-state index contributed by atoms with van der Waals surface area (Å²) in [6.07, 6.45) is 7.21. The van der Waals surface area contributed by atoms with Crippen LogP contribution in [0.2, 0.25) is 0 Å². The fourth-order valence-electron chi connectivity index (χ4n) is 7.79. The van der Waals surface area contributed by atoms with Gasteiger partial charge in [0.1, 0.15) is 0 Å². The van der Waals surface area contributed by atoms with Crippen LogP contribution in [-0.2, 0) is 19.1 Å². The van der Waals surface area contributed by atoms with Gasteiger partial charge in [-0.1, -0.05) is 54.4 Å². The Labute approximate surface area is 176 Å². The van der Waals surface area contributed by atoms with Gasteiger partial charge in [0.05, 0.1) is 24.0 Å². The van der Waals surface area contributed by atoms with Crippen LogP contribution in [0.15, 0.2) is 0 Å². The van der Waals surface area contributed by atoms with Gasteiger partial charge in [-0.3, -0.25) is 9.59 Å². The van der Waals surface area contributed by atoms with Gasteiger partial charge in [0.15, 0.2) is 0 Å². The Bertz CT molecular complexity index is 637. The minimum absolute atomic E-state index is 0.0199. The molecule has 6 atom stereocenters. The summed E-state index contributed by atoms with van der Waals surface area (Å²) in [5.74, 6) is 2.08. The largest absolute Gasteiger partial charge is 0.465 e. The Morgan fingerprint density at radius 3 is 1.48 bits per heavy atom. The van der Waals surface area contributed by atoms with Gasteiger partial charge in [-0.15, -0.1) is 0 Å². The summed E-state index contributed by atoms with van der Waals surface area (Å²) in [5.41, 5.74) is -0.428. The van der Waals surface area contributed by atoms with Gasteiger partial charge < -0.3 is 9.47 Å². The molecule has 0 aromatic heterocycles. The lowest BCUT2D eigenvalue weighted by atomic mass is 9.80. The fraction of sp³-hybridized carbons (Fsp3) is 0.920. The van der Waals surface area contributed by atoms with Gasteiger partial charge in [0, 0.05) is 6.42 Å². The van der Waals surface area contributed by atoms with Crippen LogP contribution in [-0.4, -0.2) is 25.2 Å². The van der Waals surface area contributed by atoms with Crippen LogP contribution in [0.5, 0.6) is 0 Å². The van der Waals surface area contributed by atoms with Crippen molar-refractivity contribution in [1.29, 1.82) is 0 Å². The molecule has 0 aromatic carbocycles. The van der Waals surface area contributed by atoms with Crippen molar-refractivity contribution in [2.75, 3.05) is 13.2 Å². The molecular formula is C25H40O4. The molecule has 0 heterocycles. The van der Waals surface area contributed by atoms with Crippen LogP contribution in [0.1, 0.15) is 86.5 Å². The highest BCUT2D eigenvalue weighted by Gasteiger charge is 2.77. The van der Waals surface area contributed by atoms with Crippen LogP contribution < -0.4 is 0 Å². The second-order valence-corrected chi connectivity index (χ2v) is 11.9. The molecule has 4 rings (SSSR count). The number of esters is 2. The van der Waals surface area contributed by atoms with E-state index in [1.54, 1.807) is 0 Å². The van der Waals surface area contributed by atoms with Crippen molar-refractivity contribution in [3.8, 4) is 0 Å². The lowest BCUT2D eigenvalue weighted by Crippen LogP contribution is -2.30. The van der Waals surface area contributed by atoms with E-state index in [0.717, 1.165) is 25.7 Å². The summed E-state index contributed by atoms with van der Waals surface area (Å²) in [7, 11) is 0. The predicted octanol–water partition coefficient (Wildman–Crippen LogP) is 5.39. The Balaban J connectivity index is 1.24. The maximum Gasteiger partial charge on any atom is 0.312 e. The van der Waals surface area contributed by atoms with E-state index in [1.807, 2.05) is 0 Å². The monoisotopic (exact) mass is 404 g/mol. The van der Waals surface area contributed by atoms with Gasteiger partial charge in [-0.2, -0.15) is 0 Å². The van der Waals surface area contributed by atoms with Crippen molar-refractivity contribution in [3.05, 3.63) is 0 Å². The van der Waals surface area contributed by atoms with E-state index in [2.05, 4.69) is 41.5 Å². The zero-order valence-corrected chi connectivity index (χ0v) is 19.3. The summed E-state index contributed by atoms with van der Waals surface area (Å²) in [4.78, 5) is 25.8. The van der Waals surface area contributed by atoms with Crippen LogP contribution in [0.25, 0.3) is 0 Å². The summed E-state index contributed by atoms with van der Waals surface area (Å²) in [6, 6.07) is 0. The number of carbonyl (C=O) groups is 2. The average Bonchev–Trinajstić information content (AvgIpc) is 3.37. The number of hydrogen-bond donors (Lipinski definition) is 0. The summed E-state index contributed by atoms with van der Waals surface area (Å²) in [6.45, 7) is 14.1. The summed E-state index contributed by atoms with van der Waals surface area (Å²) >= 11 is 0. The molecule has 164 valence electrons. The number of carbonyl (C=O) groups excluding carboxylic acids is 2. The smallest absolute Gasteiger partial charge is 0.312 e. The molecule has 0 amide bonds. The van der Waals surface area contributed by atoms with E-state index < -0.39 is 0 Å². The van der Waals surface area contributed by atoms with Crippen molar-refractivity contribution in [2.45, 2.75) is 86.5 Å². The lowest BCUT2D eigenvalue weighted by Gasteiger charge is -2.27. The first-order chi connectivity index (χ1) is 13.5. The first-order valence-electron chi connectivity index (χ1n) is 11.9. The van der Waals surface area contributed by atoms with Crippen LogP contribution >= 0.6 is 0 Å². The Morgan fingerprint density at radius 2 is 1.10 bits per heavy atom. The van der Waals surface area contributed by atoms with Crippen molar-refractivity contribution < 1.29 is 19.1 Å². The summed E-state index contributed by atoms with van der Waals surface area (Å²) in [5, 5.41) is 0. The SMILES string of the molecule is CC1CCC2C(C)(C)C2(C(=O)OCCCOC(=O)C23CC(C)CCC2C3(C)C)C1. The third-order valence-electron chi connectivity index (χ3n) is 9.79. The molecule has 4 fully saturated rings. The second kappa shape index (κ2) is 6.72. The molecular weight excluding hydrogens is 364 g/mol. The van der Waals surface area contributed by atoms with E-state index >= 15 is 0 Å². The highest BCUT2D eigenvalue weighted by Crippen LogP contribution is 2.76. The lowest BCUT2D eigenvalue weighted by molar-refractivity contribution is -0.156. The van der Waals surface area contributed by atoms with E-state index in [9.17, 15) is 9.59 Å². The van der Waals surface area contributed by atoms with E-state index in [0.29, 0.717) is 43.3 Å². The third-order valence-corrected chi connectivity index (χ3v) is 9.79. The van der Waals surface area contributed by atoms with Crippen LogP contribution in [0.4, 0.5) is 0 Å². The molecule has 4 heteroatoms. The Hall–Kier alpha value is -1.06. The average molecular weight is 405 g/mol. The van der Waals surface area contributed by atoms with Crippen LogP contribution in [0.3, 0.4) is 0 Å². The van der Waals surface area contributed by atoms with Gasteiger partial charge in [0.25, 0.3) is 0 Å². The Morgan fingerprint density at radius 1 is 0.724 bits per heavy atom. The van der Waals surface area contributed by atoms with Crippen LogP contribution in [0, 0.1) is 45.3 Å². The molecule has 4 nitrogen and oxygen atoms in total. The second-order valence-electron chi connectivity index (χ2n) is 11.9. The molecule has 0 saturated heterocycles. The molecule has 4 aliphatic carbocycles. The fourth-order valence-corrected chi connectivity index (χ4v) is 7.79. The molecule has 0 bridgehead atoms. The van der Waals surface area contributed by atoms with Crippen molar-refractivity contribution in [3.63, 3.8) is 0 Å². The number of rotatable bonds is 6. The third kappa shape index (κ3) is 2.83. The minimum atomic E-state index is -0.274. The zero-order valence-electron chi connectivity index (χ0n) is 19.3. The van der Waals surface area contributed by atoms with Gasteiger partial charge >= 0.3 is 11.9 Å². The maximum atomic E-state index is 12.9. The highest BCUT2D eigenvalue weighted by atomic mass is 16.5. The standard InChI is InChI=1S/C25H40O4/c1-16-8-10-18-22(3,4)24(18,14-16)20(26)28-12-7-13-29-21(27)25-15-17(2)9-11-19(25)23(25,5)6/h16-19H,7-15H2,1-6H3. The van der Waals surface area contributed by atoms with Crippen molar-refractivity contribution >= 4 is 11.9 Å². The van der Waals surface area contributed by atoms with Crippen molar-refractivity contribution in [2.24, 2.45) is 45.3 Å². The first kappa shape index (κ1) is 21.2. The van der Waals surface area contributed by atoms with Gasteiger partial charge in [-0.05, 0) is 60.2 Å². The molecule has 0 aromatic rings. The van der Waals surface area contributed by atoms with E-state index in [1.165, 1.54) is 12.8 Å². The Kier molecular flexibility index (Phi) is 4.91. The van der Waals surface area contributed by atoms with Gasteiger partial charge in [-0.25, -0.2) is 0 Å². The number of ether oxygens (including phenoxy) is 2. The molecule has 0 spiro atoms. The molecule has 4 saturated carbocycles. The van der Waals surface area contributed by atoms with Crippen molar-refractivity contribution in [1.82, 2.24) is 0 Å². The summed E-state index contributed by atoms with van der Waals surface area (Å²) < 4.78 is 11.4. The first-order valence-corrected chi connectivity index (χ1v) is 11.9. The number of fused-ring (bicyclic) bond motifs is 2. The maximum absolute atomic E-state index is 12.9. The highest BCUT2D eigenvalue weighted by molar-refractivity contribution is 5.83. The predicted molar refractivity (Wildman–Crippen MR) is 112 cm³/mol. The minimum Gasteiger partial charge on any atom is -0.465 e. The molecule has 0 N–H and O–H groups in total. The topological polar surface area (TPSA) is 52.6 Å². The van der Waals surface area contributed by atoms with E-state index in [4.69, 9.17) is 9.47 Å². The normalized spacial score (nSPS) is 43.5. The molecule has 0 radical (unpaired) electrons. The van der Waals surface area contributed by atoms with Gasteiger partial charge in [0.2, 0.25) is 0 Å². The molecule has 6 unspecified atom stereocenters. The van der Waals surface area contributed by atoms with E-state index in [-0.39, 0.29) is 33.6 Å². The molecule has 4 aliphatic rings. The molecule has 0 aliphatic heterocycles. The number of hydrogen-bond acceptors (Lipinski definition) is 4. The quantitative estimate of drug-likeness (QED) is 0.440. The zero-order chi connectivity index (χ0) is 21.2. The molecule has 29 heavy (non-hydrogen) atoms.